The molecule has 0 aliphatic rings. The fraction of sp³-hybridized carbons (Fsp3) is 0.200. The summed E-state index contributed by atoms with van der Waals surface area (Å²) in [5.74, 6) is 0. The fourth-order valence-corrected chi connectivity index (χ4v) is 2.20. The quantitative estimate of drug-likeness (QED) is 0.848. The minimum absolute atomic E-state index is 0.102. The van der Waals surface area contributed by atoms with Gasteiger partial charge in [-0.25, -0.2) is 0 Å². The van der Waals surface area contributed by atoms with Crippen molar-refractivity contribution in [1.29, 1.82) is 5.26 Å². The lowest BCUT2D eigenvalue weighted by molar-refractivity contribution is 0.0444. The van der Waals surface area contributed by atoms with E-state index in [9.17, 15) is 10.2 Å². The van der Waals surface area contributed by atoms with Gasteiger partial charge in [0.2, 0.25) is 0 Å². The molecule has 2 unspecified atom stereocenters. The smallest absolute Gasteiger partial charge is 0.118 e. The number of aliphatic hydroxyl groups excluding tert-OH is 2. The predicted molar refractivity (Wildman–Crippen MR) is 79.4 cm³/mol. The Bertz CT molecular complexity index is 718. The highest BCUT2D eigenvalue weighted by Gasteiger charge is 2.24. The van der Waals surface area contributed by atoms with Crippen molar-refractivity contribution >= 4 is 11.6 Å². The van der Waals surface area contributed by atoms with Crippen molar-refractivity contribution in [2.45, 2.75) is 12.2 Å². The summed E-state index contributed by atoms with van der Waals surface area (Å²) < 4.78 is 1.62. The van der Waals surface area contributed by atoms with Crippen molar-refractivity contribution in [3.05, 3.63) is 53.3 Å². The van der Waals surface area contributed by atoms with Crippen LogP contribution in [0.25, 0.3) is 11.1 Å². The van der Waals surface area contributed by atoms with Gasteiger partial charge in [0.25, 0.3) is 0 Å². The molecule has 2 aromatic rings. The molecule has 0 spiro atoms. The monoisotopic (exact) mass is 303 g/mol. The fourth-order valence-electron chi connectivity index (χ4n) is 2.02. The Morgan fingerprint density at radius 1 is 1.48 bits per heavy atom. The normalized spacial score (nSPS) is 13.5. The number of aryl methyl sites for hydroxylation is 1. The van der Waals surface area contributed by atoms with Crippen molar-refractivity contribution in [3.63, 3.8) is 0 Å². The van der Waals surface area contributed by atoms with Crippen molar-refractivity contribution in [3.8, 4) is 17.2 Å². The van der Waals surface area contributed by atoms with Gasteiger partial charge in [-0.3, -0.25) is 4.68 Å². The Morgan fingerprint density at radius 2 is 2.19 bits per heavy atom. The van der Waals surface area contributed by atoms with Gasteiger partial charge in [-0.15, -0.1) is 0 Å². The van der Waals surface area contributed by atoms with E-state index in [2.05, 4.69) is 11.7 Å². The molecule has 1 heterocycles. The van der Waals surface area contributed by atoms with Crippen LogP contribution in [-0.4, -0.2) is 26.1 Å². The summed E-state index contributed by atoms with van der Waals surface area (Å²) in [6.07, 6.45) is 0.761. The van der Waals surface area contributed by atoms with Gasteiger partial charge < -0.3 is 10.2 Å². The highest BCUT2D eigenvalue weighted by molar-refractivity contribution is 6.30. The Hall–Kier alpha value is -2.13. The molecule has 108 valence electrons. The van der Waals surface area contributed by atoms with E-state index in [1.54, 1.807) is 48.4 Å². The van der Waals surface area contributed by atoms with Crippen molar-refractivity contribution in [2.75, 3.05) is 0 Å². The molecule has 0 saturated heterocycles. The first-order valence-electron chi connectivity index (χ1n) is 6.17. The predicted octanol–water partition coefficient (Wildman–Crippen LogP) is 2.21. The number of halogens is 1. The largest absolute Gasteiger partial charge is 0.385 e. The van der Waals surface area contributed by atoms with E-state index in [4.69, 9.17) is 16.9 Å². The second-order valence-corrected chi connectivity index (χ2v) is 5.10. The Morgan fingerprint density at radius 3 is 2.76 bits per heavy atom. The van der Waals surface area contributed by atoms with E-state index >= 15 is 0 Å². The number of aliphatic hydroxyl groups is 2. The molecule has 1 aromatic carbocycles. The van der Waals surface area contributed by atoms with Gasteiger partial charge in [0.05, 0.1) is 17.8 Å². The molecule has 0 aliphatic carbocycles. The lowest BCUT2D eigenvalue weighted by Gasteiger charge is -2.19. The first-order valence-corrected chi connectivity index (χ1v) is 6.55. The average Bonchev–Trinajstić information content (AvgIpc) is 2.91. The van der Waals surface area contributed by atoms with Crippen LogP contribution in [0.4, 0.5) is 0 Å². The number of rotatable bonds is 4. The van der Waals surface area contributed by atoms with Gasteiger partial charge in [0.1, 0.15) is 12.2 Å². The van der Waals surface area contributed by atoms with Crippen LogP contribution >= 0.6 is 11.6 Å². The molecular weight excluding hydrogens is 290 g/mol. The van der Waals surface area contributed by atoms with Gasteiger partial charge in [-0.1, -0.05) is 24.2 Å². The maximum Gasteiger partial charge on any atom is 0.118 e. The zero-order valence-corrected chi connectivity index (χ0v) is 12.1. The molecule has 1 aromatic heterocycles. The highest BCUT2D eigenvalue weighted by atomic mass is 35.5. The number of hydrogen-bond donors (Lipinski definition) is 2. The second kappa shape index (κ2) is 6.10. The summed E-state index contributed by atoms with van der Waals surface area (Å²) in [6, 6.07) is 6.65. The number of benzene rings is 1. The third kappa shape index (κ3) is 3.14. The van der Waals surface area contributed by atoms with Crippen molar-refractivity contribution in [1.82, 2.24) is 9.78 Å². The number of nitriles is 1. The number of nitrogens with zero attached hydrogens (tertiary/aromatic N) is 3. The maximum atomic E-state index is 10.3. The summed E-state index contributed by atoms with van der Waals surface area (Å²) in [5, 5.41) is 33.6. The molecule has 2 rings (SSSR count). The van der Waals surface area contributed by atoms with Gasteiger partial charge in [-0.05, 0) is 23.3 Å². The molecule has 2 N–H and O–H groups in total. The molecule has 0 fully saturated rings. The molecule has 6 heteroatoms. The number of aromatic nitrogens is 2. The number of hydrogen-bond acceptors (Lipinski definition) is 4. The zero-order valence-electron chi connectivity index (χ0n) is 11.4. The van der Waals surface area contributed by atoms with Crippen LogP contribution in [0.2, 0.25) is 5.02 Å². The third-order valence-corrected chi connectivity index (χ3v) is 3.38. The molecule has 2 atom stereocenters. The first kappa shape index (κ1) is 15.3. The molecule has 0 radical (unpaired) electrons. The van der Waals surface area contributed by atoms with E-state index in [1.165, 1.54) is 0 Å². The van der Waals surface area contributed by atoms with Gasteiger partial charge in [-0.2, -0.15) is 10.4 Å². The molecule has 0 aliphatic heterocycles. The molecule has 5 nitrogen and oxygen atoms in total. The Kier molecular flexibility index (Phi) is 4.43. The summed E-state index contributed by atoms with van der Waals surface area (Å²) >= 11 is 6.01. The third-order valence-electron chi connectivity index (χ3n) is 3.15. The minimum atomic E-state index is -1.37. The maximum absolute atomic E-state index is 10.3. The Labute approximate surface area is 127 Å². The lowest BCUT2D eigenvalue weighted by atomic mass is 9.93. The van der Waals surface area contributed by atoms with Crippen LogP contribution in [0.15, 0.2) is 42.7 Å². The standard InChI is InChI=1S/C15H14ClN3O2/c1-9(6-17)14(20)15(21)12-4-3-11(16)5-13(12)10-7-18-19(2)8-10/h3-5,7-8,14-15,20-21H,1H2,2H3. The highest BCUT2D eigenvalue weighted by Crippen LogP contribution is 2.33. The van der Waals surface area contributed by atoms with Crippen molar-refractivity contribution < 1.29 is 10.2 Å². The summed E-state index contributed by atoms with van der Waals surface area (Å²) in [4.78, 5) is 0. The molecular formula is C15H14ClN3O2. The second-order valence-electron chi connectivity index (χ2n) is 4.66. The average molecular weight is 304 g/mol. The molecule has 0 saturated carbocycles. The van der Waals surface area contributed by atoms with Gasteiger partial charge in [0, 0.05) is 23.8 Å². The summed E-state index contributed by atoms with van der Waals surface area (Å²) in [6.45, 7) is 3.43. The Balaban J connectivity index is 2.49. The molecule has 0 bridgehead atoms. The van der Waals surface area contributed by atoms with E-state index in [0.29, 0.717) is 16.1 Å². The van der Waals surface area contributed by atoms with E-state index in [1.807, 2.05) is 0 Å². The van der Waals surface area contributed by atoms with E-state index in [0.717, 1.165) is 5.56 Å². The van der Waals surface area contributed by atoms with Crippen LogP contribution in [0, 0.1) is 11.3 Å². The SMILES string of the molecule is C=C(C#N)C(O)C(O)c1ccc(Cl)cc1-c1cnn(C)c1. The summed E-state index contributed by atoms with van der Waals surface area (Å²) in [5.41, 5.74) is 1.75. The summed E-state index contributed by atoms with van der Waals surface area (Å²) in [7, 11) is 1.77. The van der Waals surface area contributed by atoms with Crippen LogP contribution < -0.4 is 0 Å². The minimum Gasteiger partial charge on any atom is -0.385 e. The van der Waals surface area contributed by atoms with Crippen LogP contribution in [0.3, 0.4) is 0 Å². The molecule has 0 amide bonds. The first-order chi connectivity index (χ1) is 9.93. The van der Waals surface area contributed by atoms with Gasteiger partial charge in [0.15, 0.2) is 0 Å². The van der Waals surface area contributed by atoms with Crippen LogP contribution in [-0.2, 0) is 7.05 Å². The van der Waals surface area contributed by atoms with E-state index in [-0.39, 0.29) is 5.57 Å². The van der Waals surface area contributed by atoms with Crippen LogP contribution in [0.1, 0.15) is 11.7 Å². The van der Waals surface area contributed by atoms with Gasteiger partial charge >= 0.3 is 0 Å². The van der Waals surface area contributed by atoms with Crippen molar-refractivity contribution in [2.24, 2.45) is 7.05 Å². The zero-order chi connectivity index (χ0) is 15.6. The van der Waals surface area contributed by atoms with Crippen LogP contribution in [0.5, 0.6) is 0 Å². The topological polar surface area (TPSA) is 82.1 Å². The lowest BCUT2D eigenvalue weighted by Crippen LogP contribution is -2.20. The molecule has 21 heavy (non-hydrogen) atoms. The van der Waals surface area contributed by atoms with E-state index < -0.39 is 12.2 Å².